The molecule has 0 fully saturated rings. The molecular weight excluding hydrogens is 404 g/mol. The summed E-state index contributed by atoms with van der Waals surface area (Å²) in [6.07, 6.45) is 9.09. The zero-order valence-corrected chi connectivity index (χ0v) is 18.5. The minimum Gasteiger partial charge on any atom is -0.454 e. The van der Waals surface area contributed by atoms with Crippen LogP contribution in [0, 0.1) is 13.8 Å². The smallest absolute Gasteiger partial charge is 0.231 e. The number of hydrogen-bond acceptors (Lipinski definition) is 3. The van der Waals surface area contributed by atoms with Gasteiger partial charge in [0.1, 0.15) is 0 Å². The molecule has 1 aliphatic heterocycles. The number of ether oxygens (including phenoxy) is 2. The summed E-state index contributed by atoms with van der Waals surface area (Å²) < 4.78 is 11.4. The van der Waals surface area contributed by atoms with Gasteiger partial charge in [0.25, 0.3) is 0 Å². The second-order valence-corrected chi connectivity index (χ2v) is 6.67. The van der Waals surface area contributed by atoms with Crippen molar-refractivity contribution in [3.8, 4) is 11.5 Å². The fraction of sp³-hybridized carbons (Fsp3) is 0.364. The molecule has 1 aromatic heterocycles. The van der Waals surface area contributed by atoms with Crippen LogP contribution in [0.4, 0.5) is 0 Å². The maximum Gasteiger partial charge on any atom is 0.231 e. The highest BCUT2D eigenvalue weighted by Gasteiger charge is 2.11. The van der Waals surface area contributed by atoms with Gasteiger partial charge in [0.2, 0.25) is 6.79 Å². The van der Waals surface area contributed by atoms with Crippen LogP contribution in [0.25, 0.3) is 6.08 Å². The molecule has 0 atom stereocenters. The number of fused-ring (bicyclic) bond motifs is 1. The zero-order valence-electron chi connectivity index (χ0n) is 16.9. The lowest BCUT2D eigenvalue weighted by atomic mass is 10.1. The van der Waals surface area contributed by atoms with Crippen molar-refractivity contribution in [2.75, 3.05) is 13.3 Å². The Kier molecular flexibility index (Phi) is 10.6. The molecule has 0 saturated heterocycles. The molecule has 3 N–H and O–H groups in total. The average Bonchev–Trinajstić information content (AvgIpc) is 3.29. The van der Waals surface area contributed by atoms with Crippen molar-refractivity contribution in [1.29, 1.82) is 0 Å². The van der Waals surface area contributed by atoms with E-state index in [-0.39, 0.29) is 0 Å². The number of aromatic nitrogens is 1. The van der Waals surface area contributed by atoms with E-state index in [0.29, 0.717) is 13.3 Å². The van der Waals surface area contributed by atoms with Crippen molar-refractivity contribution < 1.29 is 9.47 Å². The van der Waals surface area contributed by atoms with Crippen LogP contribution in [0.1, 0.15) is 43.2 Å². The van der Waals surface area contributed by atoms with Crippen LogP contribution >= 0.6 is 15.9 Å². The normalized spacial score (nSPS) is 12.3. The Bertz CT molecular complexity index is 764. The Morgan fingerprint density at radius 2 is 1.93 bits per heavy atom. The van der Waals surface area contributed by atoms with Gasteiger partial charge in [-0.15, -0.1) is 0 Å². The molecule has 0 amide bonds. The van der Waals surface area contributed by atoms with E-state index in [1.54, 1.807) is 0 Å². The van der Waals surface area contributed by atoms with Gasteiger partial charge in [0.05, 0.1) is 0 Å². The van der Waals surface area contributed by atoms with E-state index in [2.05, 4.69) is 33.9 Å². The summed E-state index contributed by atoms with van der Waals surface area (Å²) in [5.41, 5.74) is 10.5. The molecular formula is C22H31BrN2O2. The Hall–Kier alpha value is -1.98. The fourth-order valence-corrected chi connectivity index (χ4v) is 2.60. The van der Waals surface area contributed by atoms with Gasteiger partial charge in [-0.25, -0.2) is 0 Å². The van der Waals surface area contributed by atoms with Gasteiger partial charge >= 0.3 is 0 Å². The topological polar surface area (TPSA) is 60.3 Å². The Balaban J connectivity index is 0.000000262. The molecule has 0 bridgehead atoms. The van der Waals surface area contributed by atoms with Gasteiger partial charge in [-0.05, 0) is 68.6 Å². The molecule has 4 nitrogen and oxygen atoms in total. The van der Waals surface area contributed by atoms with Crippen molar-refractivity contribution in [3.05, 3.63) is 63.4 Å². The second-order valence-electron chi connectivity index (χ2n) is 5.75. The number of hydrogen-bond donors (Lipinski definition) is 2. The summed E-state index contributed by atoms with van der Waals surface area (Å²) in [6.45, 7) is 11.1. The highest BCUT2D eigenvalue weighted by atomic mass is 79.9. The molecule has 2 heterocycles. The Morgan fingerprint density at radius 3 is 2.59 bits per heavy atom. The van der Waals surface area contributed by atoms with E-state index in [0.717, 1.165) is 22.4 Å². The van der Waals surface area contributed by atoms with Gasteiger partial charge in [-0.3, -0.25) is 0 Å². The van der Waals surface area contributed by atoms with E-state index in [9.17, 15) is 0 Å². The molecule has 148 valence electrons. The van der Waals surface area contributed by atoms with E-state index >= 15 is 0 Å². The van der Waals surface area contributed by atoms with Crippen LogP contribution in [-0.2, 0) is 6.42 Å². The summed E-state index contributed by atoms with van der Waals surface area (Å²) in [7, 11) is 0. The van der Waals surface area contributed by atoms with Crippen molar-refractivity contribution >= 4 is 22.0 Å². The number of benzene rings is 1. The summed E-state index contributed by atoms with van der Waals surface area (Å²) in [5.74, 6) is 1.71. The SMILES string of the molecule is C/C=C(Br)\C=C/c1c[nH]c(C)c1CCN.CC.Cc1ccc2c(c1)OCO2. The molecule has 3 rings (SSSR count). The van der Waals surface area contributed by atoms with Gasteiger partial charge in [-0.1, -0.05) is 48.0 Å². The minimum absolute atomic E-state index is 0.360. The third-order valence-electron chi connectivity index (χ3n) is 3.87. The van der Waals surface area contributed by atoms with Gasteiger partial charge in [-0.2, -0.15) is 0 Å². The predicted molar refractivity (Wildman–Crippen MR) is 119 cm³/mol. The maximum absolute atomic E-state index is 5.58. The van der Waals surface area contributed by atoms with Crippen molar-refractivity contribution in [2.45, 2.75) is 41.0 Å². The quantitative estimate of drug-likeness (QED) is 0.589. The predicted octanol–water partition coefficient (Wildman–Crippen LogP) is 5.89. The highest BCUT2D eigenvalue weighted by molar-refractivity contribution is 9.11. The molecule has 1 aromatic carbocycles. The van der Waals surface area contributed by atoms with Gasteiger partial charge < -0.3 is 20.2 Å². The Morgan fingerprint density at radius 1 is 1.22 bits per heavy atom. The lowest BCUT2D eigenvalue weighted by molar-refractivity contribution is 0.174. The molecule has 0 aliphatic carbocycles. The summed E-state index contributed by atoms with van der Waals surface area (Å²) in [6, 6.07) is 5.91. The molecule has 27 heavy (non-hydrogen) atoms. The van der Waals surface area contributed by atoms with Gasteiger partial charge in [0.15, 0.2) is 11.5 Å². The van der Waals surface area contributed by atoms with Crippen molar-refractivity contribution in [1.82, 2.24) is 4.98 Å². The Labute approximate surface area is 171 Å². The number of nitrogens with one attached hydrogen (secondary N) is 1. The van der Waals surface area contributed by atoms with Crippen LogP contribution in [-0.4, -0.2) is 18.3 Å². The number of halogens is 1. The van der Waals surface area contributed by atoms with Crippen LogP contribution in [0.15, 0.2) is 41.0 Å². The molecule has 5 heteroatoms. The average molecular weight is 435 g/mol. The number of allylic oxidation sites excluding steroid dienone is 3. The summed E-state index contributed by atoms with van der Waals surface area (Å²) in [4.78, 5) is 3.22. The number of H-pyrrole nitrogens is 1. The summed E-state index contributed by atoms with van der Waals surface area (Å²) >= 11 is 3.44. The van der Waals surface area contributed by atoms with Crippen LogP contribution in [0.5, 0.6) is 11.5 Å². The van der Waals surface area contributed by atoms with Crippen LogP contribution < -0.4 is 15.2 Å². The lowest BCUT2D eigenvalue weighted by Gasteiger charge is -1.99. The number of aryl methyl sites for hydroxylation is 2. The highest BCUT2D eigenvalue weighted by Crippen LogP contribution is 2.31. The first-order valence-corrected chi connectivity index (χ1v) is 10.1. The molecule has 0 saturated carbocycles. The van der Waals surface area contributed by atoms with E-state index in [1.807, 2.05) is 64.2 Å². The third kappa shape index (κ3) is 7.27. The van der Waals surface area contributed by atoms with E-state index < -0.39 is 0 Å². The molecule has 1 aliphatic rings. The number of aromatic amines is 1. The van der Waals surface area contributed by atoms with E-state index in [4.69, 9.17) is 15.2 Å². The molecule has 0 radical (unpaired) electrons. The number of rotatable bonds is 4. The van der Waals surface area contributed by atoms with Crippen LogP contribution in [0.3, 0.4) is 0 Å². The van der Waals surface area contributed by atoms with Crippen LogP contribution in [0.2, 0.25) is 0 Å². The standard InChI is InChI=1S/C12H17BrN2.C8H8O2.C2H6/c1-3-11(13)5-4-10-8-15-9(2)12(10)6-7-14;1-6-2-3-7-8(4-6)10-5-9-7;1-2/h3-5,8,15H,6-7,14H2,1-2H3;2-4H,5H2,1H3;1-2H3/b5-4-,11-3+;;. The number of nitrogens with two attached hydrogens (primary N) is 1. The van der Waals surface area contributed by atoms with Gasteiger partial charge in [0, 0.05) is 16.4 Å². The third-order valence-corrected chi connectivity index (χ3v) is 4.59. The van der Waals surface area contributed by atoms with Crippen molar-refractivity contribution in [3.63, 3.8) is 0 Å². The second kappa shape index (κ2) is 12.4. The first-order chi connectivity index (χ1) is 13.0. The maximum atomic E-state index is 5.58. The first kappa shape index (κ1) is 23.1. The fourth-order valence-electron chi connectivity index (χ4n) is 2.47. The summed E-state index contributed by atoms with van der Waals surface area (Å²) in [5, 5.41) is 0. The lowest BCUT2D eigenvalue weighted by Crippen LogP contribution is -2.03. The zero-order chi connectivity index (χ0) is 20.2. The molecule has 2 aromatic rings. The molecule has 0 spiro atoms. The largest absolute Gasteiger partial charge is 0.454 e. The van der Waals surface area contributed by atoms with Crippen molar-refractivity contribution in [2.24, 2.45) is 5.73 Å². The molecule has 0 unspecified atom stereocenters. The monoisotopic (exact) mass is 434 g/mol. The van der Waals surface area contributed by atoms with E-state index in [1.165, 1.54) is 22.4 Å². The minimum atomic E-state index is 0.360. The first-order valence-electron chi connectivity index (χ1n) is 9.28.